The van der Waals surface area contributed by atoms with Crippen molar-refractivity contribution >= 4 is 49.5 Å². The summed E-state index contributed by atoms with van der Waals surface area (Å²) in [7, 11) is 0. The average Bonchev–Trinajstić information content (AvgIpc) is 3.27. The van der Waals surface area contributed by atoms with E-state index in [4.69, 9.17) is 0 Å². The number of hydrogen-bond acceptors (Lipinski definition) is 6. The fourth-order valence-corrected chi connectivity index (χ4v) is 4.21. The lowest BCUT2D eigenvalue weighted by molar-refractivity contribution is -0.384. The van der Waals surface area contributed by atoms with E-state index in [9.17, 15) is 23.7 Å². The van der Waals surface area contributed by atoms with E-state index in [1.54, 1.807) is 17.5 Å². The summed E-state index contributed by atoms with van der Waals surface area (Å²) in [5, 5.41) is 15.9. The lowest BCUT2D eigenvalue weighted by Crippen LogP contribution is -2.09. The third-order valence-corrected chi connectivity index (χ3v) is 5.74. The Hall–Kier alpha value is -3.24. The standard InChI is InChI=1S/C18H9F2N3O3S2/c19-10-1-3-12(13(20)7-10)14-8-27-18(21-14)22-17(24)16-6-9-5-11(23(25)26)2-4-15(9)28-16/h1-8H,(H,21,22,24). The quantitative estimate of drug-likeness (QED) is 0.353. The van der Waals surface area contributed by atoms with Gasteiger partial charge in [0.15, 0.2) is 5.13 Å². The van der Waals surface area contributed by atoms with Crippen LogP contribution >= 0.6 is 22.7 Å². The molecule has 0 atom stereocenters. The van der Waals surface area contributed by atoms with Gasteiger partial charge in [0.1, 0.15) is 11.6 Å². The number of hydrogen-bond donors (Lipinski definition) is 1. The van der Waals surface area contributed by atoms with Gasteiger partial charge in [-0.15, -0.1) is 22.7 Å². The van der Waals surface area contributed by atoms with Crippen LogP contribution in [0.1, 0.15) is 9.67 Å². The minimum absolute atomic E-state index is 0.0526. The molecular weight excluding hydrogens is 408 g/mol. The van der Waals surface area contributed by atoms with Gasteiger partial charge in [-0.05, 0) is 24.3 Å². The van der Waals surface area contributed by atoms with Crippen molar-refractivity contribution in [3.8, 4) is 11.3 Å². The highest BCUT2D eigenvalue weighted by Crippen LogP contribution is 2.31. The molecule has 0 aliphatic rings. The second-order valence-corrected chi connectivity index (χ2v) is 7.65. The predicted molar refractivity (Wildman–Crippen MR) is 104 cm³/mol. The number of nitro groups is 1. The molecule has 10 heteroatoms. The molecule has 1 N–H and O–H groups in total. The number of rotatable bonds is 4. The van der Waals surface area contributed by atoms with Gasteiger partial charge in [-0.25, -0.2) is 13.8 Å². The van der Waals surface area contributed by atoms with Gasteiger partial charge in [0.25, 0.3) is 11.6 Å². The smallest absolute Gasteiger partial charge is 0.270 e. The summed E-state index contributed by atoms with van der Waals surface area (Å²) in [6, 6.07) is 9.12. The molecule has 6 nitrogen and oxygen atoms in total. The van der Waals surface area contributed by atoms with E-state index < -0.39 is 22.5 Å². The van der Waals surface area contributed by atoms with Crippen LogP contribution in [0.15, 0.2) is 47.8 Å². The van der Waals surface area contributed by atoms with Gasteiger partial charge in [0.05, 0.1) is 15.5 Å². The van der Waals surface area contributed by atoms with Crippen molar-refractivity contribution in [2.45, 2.75) is 0 Å². The number of anilines is 1. The average molecular weight is 417 g/mol. The number of fused-ring (bicyclic) bond motifs is 1. The van der Waals surface area contributed by atoms with Crippen LogP contribution < -0.4 is 5.32 Å². The molecule has 0 saturated carbocycles. The second kappa shape index (κ2) is 7.06. The number of nitro benzene ring substituents is 1. The Kier molecular flexibility index (Phi) is 4.57. The highest BCUT2D eigenvalue weighted by Gasteiger charge is 2.16. The molecule has 0 radical (unpaired) electrons. The number of halogens is 2. The maximum Gasteiger partial charge on any atom is 0.270 e. The molecule has 2 aromatic heterocycles. The van der Waals surface area contributed by atoms with Gasteiger partial charge in [-0.1, -0.05) is 0 Å². The van der Waals surface area contributed by atoms with Crippen LogP contribution in [0.25, 0.3) is 21.3 Å². The Morgan fingerprint density at radius 2 is 1.96 bits per heavy atom. The van der Waals surface area contributed by atoms with Crippen LogP contribution in [0.2, 0.25) is 0 Å². The van der Waals surface area contributed by atoms with Gasteiger partial charge >= 0.3 is 0 Å². The second-order valence-electron chi connectivity index (χ2n) is 5.71. The van der Waals surface area contributed by atoms with Crippen molar-refractivity contribution < 1.29 is 18.5 Å². The van der Waals surface area contributed by atoms with Crippen LogP contribution in [0, 0.1) is 21.7 Å². The fourth-order valence-electron chi connectivity index (χ4n) is 2.57. The Labute approximate surface area is 164 Å². The summed E-state index contributed by atoms with van der Waals surface area (Å²) in [6.07, 6.45) is 0. The first-order valence-corrected chi connectivity index (χ1v) is 9.50. The molecule has 4 rings (SSSR count). The molecule has 0 bridgehead atoms. The molecule has 28 heavy (non-hydrogen) atoms. The SMILES string of the molecule is O=C(Nc1nc(-c2ccc(F)cc2F)cs1)c1cc2cc([N+](=O)[O-])ccc2s1. The van der Waals surface area contributed by atoms with Crippen molar-refractivity contribution in [3.63, 3.8) is 0 Å². The van der Waals surface area contributed by atoms with Crippen molar-refractivity contribution in [3.05, 3.63) is 74.5 Å². The summed E-state index contributed by atoms with van der Waals surface area (Å²) in [5.41, 5.74) is 0.361. The van der Waals surface area contributed by atoms with E-state index in [1.165, 1.54) is 29.5 Å². The molecule has 4 aromatic rings. The normalized spacial score (nSPS) is 10.9. The molecule has 2 heterocycles. The Balaban J connectivity index is 1.56. The minimum Gasteiger partial charge on any atom is -0.297 e. The topological polar surface area (TPSA) is 85.1 Å². The van der Waals surface area contributed by atoms with E-state index in [-0.39, 0.29) is 22.1 Å². The zero-order chi connectivity index (χ0) is 19.8. The molecule has 0 spiro atoms. The van der Waals surface area contributed by atoms with Gasteiger partial charge in [0, 0.05) is 39.2 Å². The van der Waals surface area contributed by atoms with Gasteiger partial charge in [-0.2, -0.15) is 0 Å². The molecule has 0 fully saturated rings. The van der Waals surface area contributed by atoms with Crippen LogP contribution in [0.3, 0.4) is 0 Å². The summed E-state index contributed by atoms with van der Waals surface area (Å²) in [6.45, 7) is 0. The minimum atomic E-state index is -0.741. The van der Waals surface area contributed by atoms with Crippen molar-refractivity contribution in [2.24, 2.45) is 0 Å². The lowest BCUT2D eigenvalue weighted by Gasteiger charge is -2.00. The van der Waals surface area contributed by atoms with E-state index in [0.717, 1.165) is 28.2 Å². The molecule has 1 amide bonds. The third-order valence-electron chi connectivity index (χ3n) is 3.87. The fraction of sp³-hybridized carbons (Fsp3) is 0. The van der Waals surface area contributed by atoms with E-state index in [0.29, 0.717) is 10.3 Å². The number of thiazole rings is 1. The molecular formula is C18H9F2N3O3S2. The third kappa shape index (κ3) is 3.47. The van der Waals surface area contributed by atoms with E-state index >= 15 is 0 Å². The molecule has 2 aromatic carbocycles. The van der Waals surface area contributed by atoms with Crippen molar-refractivity contribution in [1.82, 2.24) is 4.98 Å². The number of aromatic nitrogens is 1. The number of thiophene rings is 1. The Morgan fingerprint density at radius 3 is 2.71 bits per heavy atom. The van der Waals surface area contributed by atoms with Gasteiger partial charge < -0.3 is 0 Å². The predicted octanol–water partition coefficient (Wildman–Crippen LogP) is 5.46. The summed E-state index contributed by atoms with van der Waals surface area (Å²) in [5.74, 6) is -1.85. The van der Waals surface area contributed by atoms with Crippen LogP contribution in [-0.2, 0) is 0 Å². The monoisotopic (exact) mass is 417 g/mol. The van der Waals surface area contributed by atoms with Crippen LogP contribution in [0.4, 0.5) is 19.6 Å². The number of carbonyl (C=O) groups is 1. The number of non-ortho nitro benzene ring substituents is 1. The maximum atomic E-state index is 13.9. The lowest BCUT2D eigenvalue weighted by atomic mass is 10.1. The highest BCUT2D eigenvalue weighted by molar-refractivity contribution is 7.21. The first-order valence-electron chi connectivity index (χ1n) is 7.81. The van der Waals surface area contributed by atoms with Crippen LogP contribution in [-0.4, -0.2) is 15.8 Å². The summed E-state index contributed by atoms with van der Waals surface area (Å²) < 4.78 is 27.6. The van der Waals surface area contributed by atoms with Gasteiger partial charge in [0.2, 0.25) is 0 Å². The van der Waals surface area contributed by atoms with E-state index in [1.807, 2.05) is 0 Å². The first kappa shape index (κ1) is 18.1. The maximum absolute atomic E-state index is 13.9. The van der Waals surface area contributed by atoms with E-state index in [2.05, 4.69) is 10.3 Å². The highest BCUT2D eigenvalue weighted by atomic mass is 32.1. The summed E-state index contributed by atoms with van der Waals surface area (Å²) in [4.78, 5) is 27.4. The molecule has 0 aliphatic heterocycles. The first-order chi connectivity index (χ1) is 13.4. The molecule has 0 aliphatic carbocycles. The number of carbonyl (C=O) groups excluding carboxylic acids is 1. The van der Waals surface area contributed by atoms with Crippen molar-refractivity contribution in [1.29, 1.82) is 0 Å². The zero-order valence-corrected chi connectivity index (χ0v) is 15.4. The van der Waals surface area contributed by atoms with Crippen molar-refractivity contribution in [2.75, 3.05) is 5.32 Å². The zero-order valence-electron chi connectivity index (χ0n) is 13.8. The number of amides is 1. The number of nitrogens with one attached hydrogen (secondary N) is 1. The molecule has 140 valence electrons. The van der Waals surface area contributed by atoms with Crippen LogP contribution in [0.5, 0.6) is 0 Å². The Bertz CT molecular complexity index is 1240. The number of nitrogens with zero attached hydrogens (tertiary/aromatic N) is 2. The van der Waals surface area contributed by atoms with Gasteiger partial charge in [-0.3, -0.25) is 20.2 Å². The Morgan fingerprint density at radius 1 is 1.14 bits per heavy atom. The number of benzene rings is 2. The summed E-state index contributed by atoms with van der Waals surface area (Å²) >= 11 is 2.30. The molecule has 0 saturated heterocycles. The largest absolute Gasteiger partial charge is 0.297 e. The molecule has 0 unspecified atom stereocenters.